The molecule has 248 valence electrons. The first-order chi connectivity index (χ1) is 21.6. The molecule has 0 aliphatic carbocycles. The van der Waals surface area contributed by atoms with Gasteiger partial charge in [0.2, 0.25) is 0 Å². The van der Waals surface area contributed by atoms with Gasteiger partial charge >= 0.3 is 5.97 Å². The molecular weight excluding hydrogens is 544 g/mol. The van der Waals surface area contributed by atoms with E-state index in [0.29, 0.717) is 11.3 Å². The van der Waals surface area contributed by atoms with Gasteiger partial charge in [0.25, 0.3) is 0 Å². The number of carbonyl (C=O) groups is 1. The predicted octanol–water partition coefficient (Wildman–Crippen LogP) is 12.6. The number of benzene rings is 2. The Morgan fingerprint density at radius 3 is 1.61 bits per heavy atom. The largest absolute Gasteiger partial charge is 0.490 e. The first kappa shape index (κ1) is 37.9. The molecule has 2 atom stereocenters. The van der Waals surface area contributed by atoms with Crippen molar-refractivity contribution in [1.82, 2.24) is 0 Å². The van der Waals surface area contributed by atoms with Crippen LogP contribution in [0.2, 0.25) is 0 Å². The number of rotatable bonds is 27. The number of hydrogen-bond donors (Lipinski definition) is 0. The van der Waals surface area contributed by atoms with Gasteiger partial charge in [-0.05, 0) is 74.6 Å². The highest BCUT2D eigenvalue weighted by atomic mass is 16.5. The van der Waals surface area contributed by atoms with Gasteiger partial charge < -0.3 is 14.2 Å². The van der Waals surface area contributed by atoms with Crippen LogP contribution in [0.15, 0.2) is 48.5 Å². The smallest absolute Gasteiger partial charge is 0.343 e. The van der Waals surface area contributed by atoms with Crippen LogP contribution in [0.4, 0.5) is 0 Å². The van der Waals surface area contributed by atoms with E-state index >= 15 is 0 Å². The molecule has 0 saturated carbocycles. The molecule has 0 aliphatic rings. The minimum Gasteiger partial charge on any atom is -0.490 e. The van der Waals surface area contributed by atoms with Crippen molar-refractivity contribution in [2.24, 2.45) is 0 Å². The summed E-state index contributed by atoms with van der Waals surface area (Å²) < 4.78 is 18.0. The summed E-state index contributed by atoms with van der Waals surface area (Å²) in [7, 11) is 0. The zero-order chi connectivity index (χ0) is 31.7. The molecule has 0 radical (unpaired) electrons. The van der Waals surface area contributed by atoms with Crippen LogP contribution in [0, 0.1) is 0 Å². The third kappa shape index (κ3) is 17.2. The van der Waals surface area contributed by atoms with Crippen LogP contribution >= 0.6 is 0 Å². The van der Waals surface area contributed by atoms with Crippen LogP contribution < -0.4 is 9.47 Å². The molecule has 0 aromatic heterocycles. The first-order valence-electron chi connectivity index (χ1n) is 18.3. The third-order valence-corrected chi connectivity index (χ3v) is 8.56. The van der Waals surface area contributed by atoms with Crippen molar-refractivity contribution in [3.63, 3.8) is 0 Å². The lowest BCUT2D eigenvalue weighted by atomic mass is 10.0. The SMILES string of the molecule is CCCCCCCCCCCC(CCC)Oc1ccc(OC(=O)c2ccc(C(C)OCCCCCCCCCC)cc2)cc1. The van der Waals surface area contributed by atoms with E-state index in [9.17, 15) is 4.79 Å². The Balaban J connectivity index is 1.68. The van der Waals surface area contributed by atoms with E-state index < -0.39 is 0 Å². The van der Waals surface area contributed by atoms with Gasteiger partial charge in [0.15, 0.2) is 0 Å². The molecule has 2 aromatic carbocycles. The lowest BCUT2D eigenvalue weighted by Gasteiger charge is -2.19. The molecule has 0 N–H and O–H groups in total. The van der Waals surface area contributed by atoms with Gasteiger partial charge in [-0.25, -0.2) is 4.79 Å². The van der Waals surface area contributed by atoms with Crippen molar-refractivity contribution in [2.75, 3.05) is 6.61 Å². The lowest BCUT2D eigenvalue weighted by molar-refractivity contribution is 0.0626. The van der Waals surface area contributed by atoms with Crippen LogP contribution in [0.5, 0.6) is 11.5 Å². The van der Waals surface area contributed by atoms with E-state index in [1.807, 2.05) is 48.5 Å². The molecule has 0 bridgehead atoms. The summed E-state index contributed by atoms with van der Waals surface area (Å²) in [5.41, 5.74) is 1.61. The zero-order valence-electron chi connectivity index (χ0n) is 28.8. The monoisotopic (exact) mass is 608 g/mol. The molecular formula is C40H64O4. The highest BCUT2D eigenvalue weighted by Gasteiger charge is 2.13. The van der Waals surface area contributed by atoms with Crippen LogP contribution in [0.1, 0.15) is 178 Å². The minimum absolute atomic E-state index is 0.00836. The second kappa shape index (κ2) is 24.9. The average Bonchev–Trinajstić information content (AvgIpc) is 3.04. The zero-order valence-corrected chi connectivity index (χ0v) is 28.8. The fraction of sp³-hybridized carbons (Fsp3) is 0.675. The summed E-state index contributed by atoms with van der Waals surface area (Å²) in [6, 6.07) is 15.1. The van der Waals surface area contributed by atoms with Crippen molar-refractivity contribution in [2.45, 2.75) is 168 Å². The number of carbonyl (C=O) groups excluding carboxylic acids is 1. The highest BCUT2D eigenvalue weighted by molar-refractivity contribution is 5.91. The summed E-state index contributed by atoms with van der Waals surface area (Å²) in [5.74, 6) is 1.01. The molecule has 0 heterocycles. The van der Waals surface area contributed by atoms with Gasteiger partial charge in [-0.1, -0.05) is 136 Å². The van der Waals surface area contributed by atoms with Crippen molar-refractivity contribution in [1.29, 1.82) is 0 Å². The third-order valence-electron chi connectivity index (χ3n) is 8.56. The summed E-state index contributed by atoms with van der Waals surface area (Å²) >= 11 is 0. The van der Waals surface area contributed by atoms with Gasteiger partial charge in [-0.15, -0.1) is 0 Å². The van der Waals surface area contributed by atoms with E-state index in [4.69, 9.17) is 14.2 Å². The Hall–Kier alpha value is -2.33. The van der Waals surface area contributed by atoms with E-state index in [0.717, 1.165) is 43.6 Å². The van der Waals surface area contributed by atoms with Gasteiger partial charge in [-0.3, -0.25) is 0 Å². The number of ether oxygens (including phenoxy) is 3. The van der Waals surface area contributed by atoms with Crippen LogP contribution in [0.3, 0.4) is 0 Å². The number of unbranched alkanes of at least 4 members (excludes halogenated alkanes) is 15. The molecule has 0 aliphatic heterocycles. The van der Waals surface area contributed by atoms with Crippen molar-refractivity contribution in [3.05, 3.63) is 59.7 Å². The second-order valence-corrected chi connectivity index (χ2v) is 12.6. The second-order valence-electron chi connectivity index (χ2n) is 12.6. The van der Waals surface area contributed by atoms with E-state index in [1.165, 1.54) is 103 Å². The van der Waals surface area contributed by atoms with Gasteiger partial charge in [0.1, 0.15) is 11.5 Å². The molecule has 2 rings (SSSR count). The van der Waals surface area contributed by atoms with E-state index in [2.05, 4.69) is 27.7 Å². The number of hydrogen-bond acceptors (Lipinski definition) is 4. The molecule has 0 amide bonds. The Morgan fingerprint density at radius 1 is 0.568 bits per heavy atom. The predicted molar refractivity (Wildman–Crippen MR) is 186 cm³/mol. The summed E-state index contributed by atoms with van der Waals surface area (Å²) in [6.45, 7) is 9.60. The molecule has 2 unspecified atom stereocenters. The maximum absolute atomic E-state index is 12.8. The van der Waals surface area contributed by atoms with Crippen LogP contribution in [-0.2, 0) is 4.74 Å². The first-order valence-corrected chi connectivity index (χ1v) is 18.3. The van der Waals surface area contributed by atoms with E-state index in [1.54, 1.807) is 0 Å². The molecule has 4 heteroatoms. The van der Waals surface area contributed by atoms with Crippen LogP contribution in [0.25, 0.3) is 0 Å². The van der Waals surface area contributed by atoms with Crippen molar-refractivity contribution >= 4 is 5.97 Å². The normalized spacial score (nSPS) is 12.6. The molecule has 44 heavy (non-hydrogen) atoms. The topological polar surface area (TPSA) is 44.8 Å². The lowest BCUT2D eigenvalue weighted by Crippen LogP contribution is -2.16. The molecule has 2 aromatic rings. The fourth-order valence-electron chi connectivity index (χ4n) is 5.69. The van der Waals surface area contributed by atoms with E-state index in [-0.39, 0.29) is 18.2 Å². The molecule has 4 nitrogen and oxygen atoms in total. The minimum atomic E-state index is -0.355. The Kier molecular flexibility index (Phi) is 21.4. The Labute approximate surface area is 270 Å². The summed E-state index contributed by atoms with van der Waals surface area (Å²) in [5, 5.41) is 0. The summed E-state index contributed by atoms with van der Waals surface area (Å²) in [6.07, 6.45) is 25.9. The van der Waals surface area contributed by atoms with Crippen molar-refractivity contribution in [3.8, 4) is 11.5 Å². The van der Waals surface area contributed by atoms with Gasteiger partial charge in [0.05, 0.1) is 17.8 Å². The standard InChI is InChI=1S/C40H64O4/c1-5-8-10-12-14-16-17-19-21-24-37(23-7-3)43-38-29-31-39(32-30-38)44-40(41)36-27-25-35(26-28-36)34(4)42-33-22-20-18-15-13-11-9-6-2/h25-32,34,37H,5-24,33H2,1-4H3. The highest BCUT2D eigenvalue weighted by Crippen LogP contribution is 2.24. The molecule has 0 fully saturated rings. The maximum Gasteiger partial charge on any atom is 0.343 e. The molecule has 0 spiro atoms. The fourth-order valence-corrected chi connectivity index (χ4v) is 5.69. The summed E-state index contributed by atoms with van der Waals surface area (Å²) in [4.78, 5) is 12.8. The van der Waals surface area contributed by atoms with Gasteiger partial charge in [-0.2, -0.15) is 0 Å². The average molecular weight is 609 g/mol. The molecule has 0 saturated heterocycles. The van der Waals surface area contributed by atoms with Crippen molar-refractivity contribution < 1.29 is 19.0 Å². The van der Waals surface area contributed by atoms with Crippen LogP contribution in [-0.4, -0.2) is 18.7 Å². The number of esters is 1. The quantitative estimate of drug-likeness (QED) is 0.0575. The Bertz CT molecular complexity index is 952. The Morgan fingerprint density at radius 2 is 1.07 bits per heavy atom. The maximum atomic E-state index is 12.8. The van der Waals surface area contributed by atoms with Gasteiger partial charge in [0, 0.05) is 6.61 Å².